The van der Waals surface area contributed by atoms with E-state index >= 15 is 0 Å². The van der Waals surface area contributed by atoms with Gasteiger partial charge in [0.2, 0.25) is 0 Å². The normalized spacial score (nSPS) is 26.1. The molecule has 1 aromatic carbocycles. The maximum atomic E-state index is 5.81. The van der Waals surface area contributed by atoms with E-state index in [4.69, 9.17) is 5.73 Å². The van der Waals surface area contributed by atoms with Gasteiger partial charge in [0.1, 0.15) is 0 Å². The summed E-state index contributed by atoms with van der Waals surface area (Å²) in [6, 6.07) is 8.32. The van der Waals surface area contributed by atoms with E-state index in [1.165, 1.54) is 24.0 Å². The maximum Gasteiger partial charge on any atom is 0.0316 e. The molecule has 2 rings (SSSR count). The smallest absolute Gasteiger partial charge is 0.0316 e. The summed E-state index contributed by atoms with van der Waals surface area (Å²) in [5.74, 6) is 1.37. The molecule has 2 atom stereocenters. The van der Waals surface area contributed by atoms with Gasteiger partial charge in [-0.05, 0) is 49.3 Å². The molecule has 0 spiro atoms. The molecule has 0 heterocycles. The number of allylic oxidation sites excluding steroid dienone is 2. The summed E-state index contributed by atoms with van der Waals surface area (Å²) in [6.45, 7) is 4.55. The van der Waals surface area contributed by atoms with Crippen molar-refractivity contribution in [2.75, 3.05) is 5.73 Å². The summed E-state index contributed by atoms with van der Waals surface area (Å²) >= 11 is 0. The van der Waals surface area contributed by atoms with E-state index in [0.29, 0.717) is 11.8 Å². The minimum atomic E-state index is 0.659. The molecule has 0 bridgehead atoms. The third kappa shape index (κ3) is 2.23. The van der Waals surface area contributed by atoms with Crippen molar-refractivity contribution < 1.29 is 0 Å². The zero-order valence-electron chi connectivity index (χ0n) is 9.53. The first-order valence-electron chi connectivity index (χ1n) is 5.69. The molecule has 1 nitrogen and oxygen atoms in total. The number of rotatable bonds is 1. The standard InChI is InChI=1S/C14H19N/c1-10-6-7-13(8-11(10)2)12-4-3-5-14(15)9-12/h3-6,9,11,13H,7-8,15H2,1-2H3. The van der Waals surface area contributed by atoms with Crippen LogP contribution in [0.3, 0.4) is 0 Å². The van der Waals surface area contributed by atoms with E-state index in [1.807, 2.05) is 6.07 Å². The molecule has 2 unspecified atom stereocenters. The van der Waals surface area contributed by atoms with Crippen molar-refractivity contribution in [1.29, 1.82) is 0 Å². The van der Waals surface area contributed by atoms with Crippen molar-refractivity contribution in [3.63, 3.8) is 0 Å². The largest absolute Gasteiger partial charge is 0.399 e. The van der Waals surface area contributed by atoms with Crippen molar-refractivity contribution in [2.24, 2.45) is 5.92 Å². The number of hydrogen-bond donors (Lipinski definition) is 1. The van der Waals surface area contributed by atoms with Crippen LogP contribution >= 0.6 is 0 Å². The summed E-state index contributed by atoms with van der Waals surface area (Å²) in [7, 11) is 0. The fourth-order valence-electron chi connectivity index (χ4n) is 2.32. The monoisotopic (exact) mass is 201 g/mol. The van der Waals surface area contributed by atoms with E-state index in [1.54, 1.807) is 0 Å². The third-order valence-corrected chi connectivity index (χ3v) is 3.52. The molecular formula is C14H19N. The number of anilines is 1. The molecule has 0 aromatic heterocycles. The average Bonchev–Trinajstić information content (AvgIpc) is 2.22. The highest BCUT2D eigenvalue weighted by atomic mass is 14.5. The Morgan fingerprint density at radius 3 is 2.80 bits per heavy atom. The van der Waals surface area contributed by atoms with Gasteiger partial charge >= 0.3 is 0 Å². The fraction of sp³-hybridized carbons (Fsp3) is 0.429. The van der Waals surface area contributed by atoms with Gasteiger partial charge in [0, 0.05) is 5.69 Å². The topological polar surface area (TPSA) is 26.0 Å². The molecule has 2 N–H and O–H groups in total. The molecule has 15 heavy (non-hydrogen) atoms. The molecule has 0 saturated carbocycles. The first kappa shape index (κ1) is 10.3. The Morgan fingerprint density at radius 2 is 2.13 bits per heavy atom. The summed E-state index contributed by atoms with van der Waals surface area (Å²) in [5.41, 5.74) is 9.62. The summed E-state index contributed by atoms with van der Waals surface area (Å²) in [6.07, 6.45) is 4.80. The van der Waals surface area contributed by atoms with Crippen molar-refractivity contribution in [1.82, 2.24) is 0 Å². The molecule has 0 saturated heterocycles. The SMILES string of the molecule is CC1=CCC(c2cccc(N)c2)CC1C. The molecular weight excluding hydrogens is 182 g/mol. The first-order chi connectivity index (χ1) is 7.16. The van der Waals surface area contributed by atoms with Crippen molar-refractivity contribution in [3.05, 3.63) is 41.5 Å². The highest BCUT2D eigenvalue weighted by molar-refractivity contribution is 5.42. The Balaban J connectivity index is 2.20. The predicted molar refractivity (Wildman–Crippen MR) is 65.8 cm³/mol. The van der Waals surface area contributed by atoms with Crippen molar-refractivity contribution in [3.8, 4) is 0 Å². The van der Waals surface area contributed by atoms with Crippen LogP contribution in [0.15, 0.2) is 35.9 Å². The maximum absolute atomic E-state index is 5.81. The van der Waals surface area contributed by atoms with Crippen LogP contribution in [-0.4, -0.2) is 0 Å². The minimum absolute atomic E-state index is 0.659. The lowest BCUT2D eigenvalue weighted by molar-refractivity contribution is 0.491. The van der Waals surface area contributed by atoms with Gasteiger partial charge in [-0.25, -0.2) is 0 Å². The van der Waals surface area contributed by atoms with Gasteiger partial charge in [0.25, 0.3) is 0 Å². The lowest BCUT2D eigenvalue weighted by Crippen LogP contribution is -2.11. The van der Waals surface area contributed by atoms with Crippen molar-refractivity contribution in [2.45, 2.75) is 32.6 Å². The first-order valence-corrected chi connectivity index (χ1v) is 5.69. The van der Waals surface area contributed by atoms with Crippen LogP contribution in [0.5, 0.6) is 0 Å². The number of benzene rings is 1. The second kappa shape index (κ2) is 4.09. The van der Waals surface area contributed by atoms with Gasteiger partial charge in [-0.15, -0.1) is 0 Å². The van der Waals surface area contributed by atoms with Gasteiger partial charge in [0.15, 0.2) is 0 Å². The third-order valence-electron chi connectivity index (χ3n) is 3.52. The molecule has 0 fully saturated rings. The van der Waals surface area contributed by atoms with E-state index in [-0.39, 0.29) is 0 Å². The van der Waals surface area contributed by atoms with Crippen LogP contribution < -0.4 is 5.73 Å². The zero-order valence-corrected chi connectivity index (χ0v) is 9.53. The average molecular weight is 201 g/mol. The van der Waals surface area contributed by atoms with Crippen LogP contribution in [-0.2, 0) is 0 Å². The van der Waals surface area contributed by atoms with Gasteiger partial charge in [0.05, 0.1) is 0 Å². The van der Waals surface area contributed by atoms with E-state index < -0.39 is 0 Å². The number of hydrogen-bond acceptors (Lipinski definition) is 1. The quantitative estimate of drug-likeness (QED) is 0.543. The van der Waals surface area contributed by atoms with E-state index in [9.17, 15) is 0 Å². The molecule has 0 aliphatic heterocycles. The summed E-state index contributed by atoms with van der Waals surface area (Å²) in [4.78, 5) is 0. The Labute approximate surface area is 92.0 Å². The van der Waals surface area contributed by atoms with E-state index in [0.717, 1.165) is 5.69 Å². The second-order valence-electron chi connectivity index (χ2n) is 4.69. The molecule has 1 aromatic rings. The number of nitrogen functional groups attached to an aromatic ring is 1. The predicted octanol–water partition coefficient (Wildman–Crippen LogP) is 3.73. The Morgan fingerprint density at radius 1 is 1.33 bits per heavy atom. The van der Waals surface area contributed by atoms with Gasteiger partial charge in [-0.1, -0.05) is 30.7 Å². The molecule has 80 valence electrons. The Hall–Kier alpha value is -1.24. The fourth-order valence-corrected chi connectivity index (χ4v) is 2.32. The summed E-state index contributed by atoms with van der Waals surface area (Å²) in [5, 5.41) is 0. The van der Waals surface area contributed by atoms with Crippen LogP contribution in [0.1, 0.15) is 38.2 Å². The molecule has 1 aliphatic carbocycles. The van der Waals surface area contributed by atoms with Crippen molar-refractivity contribution >= 4 is 5.69 Å². The summed E-state index contributed by atoms with van der Waals surface area (Å²) < 4.78 is 0. The minimum Gasteiger partial charge on any atom is -0.399 e. The Bertz CT molecular complexity index is 379. The van der Waals surface area contributed by atoms with Gasteiger partial charge in [-0.3, -0.25) is 0 Å². The highest BCUT2D eigenvalue weighted by Crippen LogP contribution is 2.35. The van der Waals surface area contributed by atoms with Crippen LogP contribution in [0.25, 0.3) is 0 Å². The van der Waals surface area contributed by atoms with Gasteiger partial charge < -0.3 is 5.73 Å². The lowest BCUT2D eigenvalue weighted by Gasteiger charge is -2.26. The van der Waals surface area contributed by atoms with Crippen LogP contribution in [0, 0.1) is 5.92 Å². The van der Waals surface area contributed by atoms with Gasteiger partial charge in [-0.2, -0.15) is 0 Å². The van der Waals surface area contributed by atoms with Crippen LogP contribution in [0.4, 0.5) is 5.69 Å². The highest BCUT2D eigenvalue weighted by Gasteiger charge is 2.19. The number of nitrogens with two attached hydrogens (primary N) is 1. The zero-order chi connectivity index (χ0) is 10.8. The lowest BCUT2D eigenvalue weighted by atomic mass is 9.79. The van der Waals surface area contributed by atoms with Crippen LogP contribution in [0.2, 0.25) is 0 Å². The molecule has 0 amide bonds. The Kier molecular flexibility index (Phi) is 2.81. The molecule has 1 aliphatic rings. The second-order valence-corrected chi connectivity index (χ2v) is 4.69. The molecule has 1 heteroatoms. The van der Waals surface area contributed by atoms with E-state index in [2.05, 4.69) is 38.1 Å². The molecule has 0 radical (unpaired) electrons.